The highest BCUT2D eigenvalue weighted by Gasteiger charge is 2.41. The van der Waals surface area contributed by atoms with Gasteiger partial charge in [-0.1, -0.05) is 0 Å². The average molecular weight is 260 g/mol. The summed E-state index contributed by atoms with van der Waals surface area (Å²) >= 11 is 0. The number of rotatable bonds is 2. The van der Waals surface area contributed by atoms with E-state index < -0.39 is 27.8 Å². The van der Waals surface area contributed by atoms with Gasteiger partial charge in [0.15, 0.2) is 9.84 Å². The lowest BCUT2D eigenvalue weighted by molar-refractivity contribution is -0.134. The van der Waals surface area contributed by atoms with E-state index in [4.69, 9.17) is 10.8 Å². The zero-order valence-electron chi connectivity index (χ0n) is 8.92. The van der Waals surface area contributed by atoms with Crippen LogP contribution < -0.4 is 5.73 Å². The number of carbonyl (C=O) groups excluding carboxylic acids is 1. The summed E-state index contributed by atoms with van der Waals surface area (Å²) in [5.41, 5.74) is 5.44. The highest BCUT2D eigenvalue weighted by molar-refractivity contribution is 7.91. The van der Waals surface area contributed by atoms with Crippen LogP contribution >= 0.6 is 0 Å². The summed E-state index contributed by atoms with van der Waals surface area (Å²) < 4.78 is 22.6. The molecule has 1 fully saturated rings. The molecular formula is C9H12N2O5S. The van der Waals surface area contributed by atoms with E-state index in [9.17, 15) is 18.0 Å². The van der Waals surface area contributed by atoms with Gasteiger partial charge in [0.05, 0.1) is 29.5 Å². The molecule has 17 heavy (non-hydrogen) atoms. The molecule has 0 aromatic rings. The van der Waals surface area contributed by atoms with Gasteiger partial charge in [0.1, 0.15) is 5.82 Å². The Labute approximate surface area is 97.8 Å². The summed E-state index contributed by atoms with van der Waals surface area (Å²) in [5.74, 6) is -1.94. The van der Waals surface area contributed by atoms with E-state index in [-0.39, 0.29) is 29.3 Å². The molecule has 0 saturated carbocycles. The number of sulfone groups is 1. The van der Waals surface area contributed by atoms with E-state index in [1.54, 1.807) is 0 Å². The van der Waals surface area contributed by atoms with Crippen molar-refractivity contribution in [2.45, 2.75) is 18.9 Å². The molecule has 0 aromatic carbocycles. The fraction of sp³-hybridized carbons (Fsp3) is 0.556. The van der Waals surface area contributed by atoms with Crippen molar-refractivity contribution >= 4 is 21.7 Å². The van der Waals surface area contributed by atoms with Gasteiger partial charge in [-0.05, 0) is 6.42 Å². The number of hydrogen-bond donors (Lipinski definition) is 2. The number of aliphatic carboxylic acids is 1. The molecule has 2 aliphatic heterocycles. The van der Waals surface area contributed by atoms with Gasteiger partial charge in [0.2, 0.25) is 5.91 Å². The molecule has 1 amide bonds. The minimum Gasteiger partial charge on any atom is -0.478 e. The Hall–Kier alpha value is -1.57. The maximum absolute atomic E-state index is 11.6. The Morgan fingerprint density at radius 3 is 2.53 bits per heavy atom. The number of carboxylic acid groups (broad SMARTS) is 1. The van der Waals surface area contributed by atoms with Crippen LogP contribution in [0.15, 0.2) is 11.4 Å². The second-order valence-electron chi connectivity index (χ2n) is 4.17. The summed E-state index contributed by atoms with van der Waals surface area (Å²) in [6, 6.07) is -0.524. The predicted molar refractivity (Wildman–Crippen MR) is 57.4 cm³/mol. The van der Waals surface area contributed by atoms with Crippen LogP contribution in [0.3, 0.4) is 0 Å². The number of hydrogen-bond acceptors (Lipinski definition) is 5. The summed E-state index contributed by atoms with van der Waals surface area (Å²) in [5, 5.41) is 8.83. The molecule has 3 N–H and O–H groups in total. The first kappa shape index (κ1) is 11.9. The van der Waals surface area contributed by atoms with Crippen LogP contribution in [0.5, 0.6) is 0 Å². The van der Waals surface area contributed by atoms with Crippen molar-refractivity contribution in [3.05, 3.63) is 11.4 Å². The Morgan fingerprint density at radius 1 is 1.47 bits per heavy atom. The first-order chi connectivity index (χ1) is 7.82. The lowest BCUT2D eigenvalue weighted by Crippen LogP contribution is -2.39. The third kappa shape index (κ3) is 1.99. The van der Waals surface area contributed by atoms with E-state index in [1.165, 1.54) is 0 Å². The molecule has 0 spiro atoms. The van der Waals surface area contributed by atoms with Crippen molar-refractivity contribution in [1.82, 2.24) is 4.90 Å². The van der Waals surface area contributed by atoms with E-state index in [0.29, 0.717) is 6.42 Å². The second-order valence-corrected chi connectivity index (χ2v) is 6.40. The van der Waals surface area contributed by atoms with Crippen molar-refractivity contribution in [3.8, 4) is 0 Å². The quantitative estimate of drug-likeness (QED) is 0.634. The van der Waals surface area contributed by atoms with Gasteiger partial charge >= 0.3 is 5.97 Å². The summed E-state index contributed by atoms with van der Waals surface area (Å²) in [6.07, 6.45) is 0.0411. The van der Waals surface area contributed by atoms with E-state index >= 15 is 0 Å². The molecule has 0 bridgehead atoms. The lowest BCUT2D eigenvalue weighted by atomic mass is 10.2. The summed E-state index contributed by atoms with van der Waals surface area (Å²) in [7, 11) is -3.14. The van der Waals surface area contributed by atoms with Crippen LogP contribution in [0.1, 0.15) is 12.8 Å². The molecule has 1 unspecified atom stereocenters. The maximum Gasteiger partial charge on any atom is 0.335 e. The molecule has 1 saturated heterocycles. The highest BCUT2D eigenvalue weighted by Crippen LogP contribution is 2.28. The van der Waals surface area contributed by atoms with Gasteiger partial charge in [0, 0.05) is 0 Å². The van der Waals surface area contributed by atoms with Gasteiger partial charge in [-0.3, -0.25) is 9.69 Å². The highest BCUT2D eigenvalue weighted by atomic mass is 32.2. The third-order valence-electron chi connectivity index (χ3n) is 3.00. The molecule has 8 heteroatoms. The molecule has 0 radical (unpaired) electrons. The van der Waals surface area contributed by atoms with Gasteiger partial charge in [-0.2, -0.15) is 0 Å². The van der Waals surface area contributed by atoms with Crippen LogP contribution in [-0.4, -0.2) is 47.8 Å². The van der Waals surface area contributed by atoms with Gasteiger partial charge in [0.25, 0.3) is 0 Å². The van der Waals surface area contributed by atoms with Crippen LogP contribution in [0.4, 0.5) is 0 Å². The van der Waals surface area contributed by atoms with Crippen molar-refractivity contribution in [2.75, 3.05) is 11.5 Å². The Bertz CT molecular complexity index is 522. The standard InChI is InChI=1S/C9H12N2O5S/c10-8-6(9(13)14)3-7(12)11(8)5-1-2-17(15,16)4-5/h5H,1-4,10H2,(H,13,14). The minimum absolute atomic E-state index is 0.0110. The number of carbonyl (C=O) groups is 2. The lowest BCUT2D eigenvalue weighted by Gasteiger charge is -2.23. The minimum atomic E-state index is -3.14. The van der Waals surface area contributed by atoms with Crippen molar-refractivity contribution < 1.29 is 23.1 Å². The number of nitrogens with two attached hydrogens (primary N) is 1. The molecule has 2 heterocycles. The van der Waals surface area contributed by atoms with Crippen molar-refractivity contribution in [3.63, 3.8) is 0 Å². The fourth-order valence-corrected chi connectivity index (χ4v) is 3.87. The third-order valence-corrected chi connectivity index (χ3v) is 4.75. The monoisotopic (exact) mass is 260 g/mol. The SMILES string of the molecule is NC1=C(C(=O)O)CC(=O)N1C1CCS(=O)(=O)C1. The van der Waals surface area contributed by atoms with Gasteiger partial charge in [-0.25, -0.2) is 13.2 Å². The van der Waals surface area contributed by atoms with E-state index in [0.717, 1.165) is 4.90 Å². The normalized spacial score (nSPS) is 27.9. The molecular weight excluding hydrogens is 248 g/mol. The number of carboxylic acids is 1. The van der Waals surface area contributed by atoms with Gasteiger partial charge in [-0.15, -0.1) is 0 Å². The van der Waals surface area contributed by atoms with E-state index in [1.807, 2.05) is 0 Å². The smallest absolute Gasteiger partial charge is 0.335 e. The molecule has 2 rings (SSSR count). The Kier molecular flexibility index (Phi) is 2.61. The molecule has 7 nitrogen and oxygen atoms in total. The van der Waals surface area contributed by atoms with Crippen LogP contribution in [0, 0.1) is 0 Å². The number of nitrogens with zero attached hydrogens (tertiary/aromatic N) is 1. The average Bonchev–Trinajstić information content (AvgIpc) is 2.67. The van der Waals surface area contributed by atoms with Crippen LogP contribution in [0.2, 0.25) is 0 Å². The Morgan fingerprint density at radius 2 is 2.12 bits per heavy atom. The summed E-state index contributed by atoms with van der Waals surface area (Å²) in [6.45, 7) is 0. The van der Waals surface area contributed by atoms with Crippen LogP contribution in [0.25, 0.3) is 0 Å². The molecule has 2 aliphatic rings. The Balaban J connectivity index is 2.28. The first-order valence-corrected chi connectivity index (χ1v) is 6.88. The van der Waals surface area contributed by atoms with Crippen molar-refractivity contribution in [2.24, 2.45) is 5.73 Å². The van der Waals surface area contributed by atoms with E-state index in [2.05, 4.69) is 0 Å². The fourth-order valence-electron chi connectivity index (χ4n) is 2.17. The summed E-state index contributed by atoms with van der Waals surface area (Å²) in [4.78, 5) is 23.6. The predicted octanol–water partition coefficient (Wildman–Crippen LogP) is -1.34. The number of amides is 1. The van der Waals surface area contributed by atoms with Crippen molar-refractivity contribution in [1.29, 1.82) is 0 Å². The molecule has 0 aromatic heterocycles. The first-order valence-electron chi connectivity index (χ1n) is 5.06. The second kappa shape index (κ2) is 3.73. The molecule has 1 atom stereocenters. The zero-order chi connectivity index (χ0) is 12.8. The maximum atomic E-state index is 11.6. The zero-order valence-corrected chi connectivity index (χ0v) is 9.74. The largest absolute Gasteiger partial charge is 0.478 e. The van der Waals surface area contributed by atoms with Gasteiger partial charge < -0.3 is 10.8 Å². The van der Waals surface area contributed by atoms with Crippen LogP contribution in [-0.2, 0) is 19.4 Å². The molecule has 94 valence electrons. The topological polar surface area (TPSA) is 118 Å². The molecule has 0 aliphatic carbocycles.